The van der Waals surface area contributed by atoms with E-state index in [0.29, 0.717) is 11.4 Å². The summed E-state index contributed by atoms with van der Waals surface area (Å²) in [6.45, 7) is 1.74. The number of aromatic nitrogens is 4. The molecule has 0 aliphatic heterocycles. The maximum absolute atomic E-state index is 13.5. The molecule has 1 aromatic carbocycles. The molecule has 2 heterocycles. The Bertz CT molecular complexity index is 675. The average Bonchev–Trinajstić information content (AvgIpc) is 3.01. The van der Waals surface area contributed by atoms with Crippen LogP contribution in [-0.2, 0) is 0 Å². The van der Waals surface area contributed by atoms with Crippen LogP contribution in [0.3, 0.4) is 0 Å². The summed E-state index contributed by atoms with van der Waals surface area (Å²) in [5, 5.41) is 9.14. The van der Waals surface area contributed by atoms with Crippen molar-refractivity contribution in [2.75, 3.05) is 0 Å². The van der Waals surface area contributed by atoms with Crippen molar-refractivity contribution >= 4 is 11.3 Å². The van der Waals surface area contributed by atoms with Crippen molar-refractivity contribution in [2.45, 2.75) is 6.92 Å². The van der Waals surface area contributed by atoms with Crippen LogP contribution < -0.4 is 0 Å². The summed E-state index contributed by atoms with van der Waals surface area (Å²) in [5.41, 5.74) is 2.13. The number of benzene rings is 1. The third-order valence-corrected chi connectivity index (χ3v) is 3.44. The largest absolute Gasteiger partial charge is 0.257 e. The van der Waals surface area contributed by atoms with Crippen molar-refractivity contribution in [1.29, 1.82) is 0 Å². The summed E-state index contributed by atoms with van der Waals surface area (Å²) in [4.78, 5) is 8.44. The van der Waals surface area contributed by atoms with Crippen molar-refractivity contribution in [2.24, 2.45) is 0 Å². The van der Waals surface area contributed by atoms with Gasteiger partial charge in [0.2, 0.25) is 0 Å². The van der Waals surface area contributed by atoms with Gasteiger partial charge in [-0.25, -0.2) is 14.4 Å². The highest BCUT2D eigenvalue weighted by atomic mass is 32.1. The van der Waals surface area contributed by atoms with Crippen LogP contribution in [0, 0.1) is 12.7 Å². The van der Waals surface area contributed by atoms with Gasteiger partial charge in [0.05, 0.1) is 5.69 Å². The minimum atomic E-state index is -0.221. The molecule has 18 heavy (non-hydrogen) atoms. The van der Waals surface area contributed by atoms with Crippen molar-refractivity contribution in [3.05, 3.63) is 41.3 Å². The van der Waals surface area contributed by atoms with E-state index in [9.17, 15) is 4.39 Å². The Morgan fingerprint density at radius 3 is 2.94 bits per heavy atom. The smallest absolute Gasteiger partial charge is 0.184 e. The molecule has 0 radical (unpaired) electrons. The number of rotatable bonds is 2. The normalized spacial score (nSPS) is 10.8. The summed E-state index contributed by atoms with van der Waals surface area (Å²) in [7, 11) is 0. The minimum Gasteiger partial charge on any atom is -0.257 e. The van der Waals surface area contributed by atoms with E-state index < -0.39 is 0 Å². The van der Waals surface area contributed by atoms with E-state index in [-0.39, 0.29) is 5.82 Å². The number of aryl methyl sites for hydroxylation is 1. The lowest BCUT2D eigenvalue weighted by atomic mass is 10.1. The molecule has 4 nitrogen and oxygen atoms in total. The van der Waals surface area contributed by atoms with Gasteiger partial charge < -0.3 is 0 Å². The van der Waals surface area contributed by atoms with Gasteiger partial charge in [-0.1, -0.05) is 12.1 Å². The number of nitrogens with zero attached hydrogens (tertiary/aromatic N) is 3. The van der Waals surface area contributed by atoms with Crippen molar-refractivity contribution < 1.29 is 4.39 Å². The lowest BCUT2D eigenvalue weighted by molar-refractivity contribution is 0.619. The molecule has 3 rings (SSSR count). The Morgan fingerprint density at radius 1 is 1.33 bits per heavy atom. The first-order valence-electron chi connectivity index (χ1n) is 5.32. The molecule has 0 aliphatic rings. The van der Waals surface area contributed by atoms with Crippen molar-refractivity contribution in [3.8, 4) is 22.1 Å². The third kappa shape index (κ3) is 1.91. The number of H-pyrrole nitrogens is 1. The van der Waals surface area contributed by atoms with Crippen molar-refractivity contribution in [1.82, 2.24) is 20.2 Å². The maximum Gasteiger partial charge on any atom is 0.184 e. The first kappa shape index (κ1) is 11.0. The number of thiazole rings is 1. The fraction of sp³-hybridized carbons (Fsp3) is 0.0833. The van der Waals surface area contributed by atoms with Gasteiger partial charge in [-0.05, 0) is 18.6 Å². The SMILES string of the molecule is Cc1ccc(-c2csc(-c3ncn[nH]3)n2)cc1F. The van der Waals surface area contributed by atoms with Crippen LogP contribution >= 0.6 is 11.3 Å². The second kappa shape index (κ2) is 4.30. The van der Waals surface area contributed by atoms with Gasteiger partial charge in [0.15, 0.2) is 10.8 Å². The first-order valence-corrected chi connectivity index (χ1v) is 6.20. The van der Waals surface area contributed by atoms with Gasteiger partial charge in [-0.2, -0.15) is 5.10 Å². The van der Waals surface area contributed by atoms with Gasteiger partial charge in [0, 0.05) is 10.9 Å². The van der Waals surface area contributed by atoms with Gasteiger partial charge >= 0.3 is 0 Å². The Kier molecular flexibility index (Phi) is 2.64. The molecule has 3 aromatic rings. The minimum absolute atomic E-state index is 0.221. The molecule has 0 saturated carbocycles. The van der Waals surface area contributed by atoms with Crippen LogP contribution in [0.4, 0.5) is 4.39 Å². The van der Waals surface area contributed by atoms with Gasteiger partial charge in [-0.15, -0.1) is 11.3 Å². The van der Waals surface area contributed by atoms with Crippen molar-refractivity contribution in [3.63, 3.8) is 0 Å². The lowest BCUT2D eigenvalue weighted by Crippen LogP contribution is -1.85. The molecule has 0 atom stereocenters. The predicted octanol–water partition coefficient (Wildman–Crippen LogP) is 3.04. The molecule has 90 valence electrons. The second-order valence-corrected chi connectivity index (χ2v) is 4.69. The molecule has 0 amide bonds. The molecule has 1 N–H and O–H groups in total. The molecule has 6 heteroatoms. The summed E-state index contributed by atoms with van der Waals surface area (Å²) >= 11 is 1.44. The second-order valence-electron chi connectivity index (χ2n) is 3.84. The Labute approximate surface area is 107 Å². The fourth-order valence-corrected chi connectivity index (χ4v) is 2.35. The van der Waals surface area contributed by atoms with E-state index in [1.54, 1.807) is 13.0 Å². The topological polar surface area (TPSA) is 54.5 Å². The zero-order valence-corrected chi connectivity index (χ0v) is 10.3. The zero-order chi connectivity index (χ0) is 12.5. The molecule has 0 unspecified atom stereocenters. The van der Waals surface area contributed by atoms with Crippen LogP contribution in [0.1, 0.15) is 5.56 Å². The number of aromatic amines is 1. The predicted molar refractivity (Wildman–Crippen MR) is 67.6 cm³/mol. The van der Waals surface area contributed by atoms with E-state index in [1.807, 2.05) is 11.4 Å². The summed E-state index contributed by atoms with van der Waals surface area (Å²) in [6.07, 6.45) is 1.43. The highest BCUT2D eigenvalue weighted by Crippen LogP contribution is 2.27. The number of hydrogen-bond donors (Lipinski definition) is 1. The quantitative estimate of drug-likeness (QED) is 0.770. The summed E-state index contributed by atoms with van der Waals surface area (Å²) in [5.74, 6) is 0.403. The standard InChI is InChI=1S/C12H9FN4S/c1-7-2-3-8(4-9(7)13)10-5-18-12(16-10)11-14-6-15-17-11/h2-6H,1H3,(H,14,15,17). The molecule has 0 bridgehead atoms. The molecule has 0 spiro atoms. The number of halogens is 1. The first-order chi connectivity index (χ1) is 8.74. The molecule has 0 aliphatic carbocycles. The molecule has 0 fully saturated rings. The van der Waals surface area contributed by atoms with Crippen LogP contribution in [0.15, 0.2) is 29.9 Å². The van der Waals surface area contributed by atoms with Crippen LogP contribution in [0.2, 0.25) is 0 Å². The number of nitrogens with one attached hydrogen (secondary N) is 1. The Morgan fingerprint density at radius 2 is 2.22 bits per heavy atom. The highest BCUT2D eigenvalue weighted by Gasteiger charge is 2.09. The van der Waals surface area contributed by atoms with Crippen LogP contribution in [-0.4, -0.2) is 20.2 Å². The van der Waals surface area contributed by atoms with E-state index in [0.717, 1.165) is 16.3 Å². The molecule has 2 aromatic heterocycles. The summed E-state index contributed by atoms with van der Waals surface area (Å²) < 4.78 is 13.5. The number of hydrogen-bond acceptors (Lipinski definition) is 4. The average molecular weight is 260 g/mol. The lowest BCUT2D eigenvalue weighted by Gasteiger charge is -1.99. The van der Waals surface area contributed by atoms with E-state index >= 15 is 0 Å². The monoisotopic (exact) mass is 260 g/mol. The third-order valence-electron chi connectivity index (χ3n) is 2.59. The zero-order valence-electron chi connectivity index (χ0n) is 9.51. The van der Waals surface area contributed by atoms with Gasteiger partial charge in [0.1, 0.15) is 12.1 Å². The molecular weight excluding hydrogens is 251 g/mol. The maximum atomic E-state index is 13.5. The molecule has 0 saturated heterocycles. The summed E-state index contributed by atoms with van der Waals surface area (Å²) in [6, 6.07) is 5.10. The Hall–Kier alpha value is -2.08. The van der Waals surface area contributed by atoms with Crippen LogP contribution in [0.25, 0.3) is 22.1 Å². The Balaban J connectivity index is 2.00. The van der Waals surface area contributed by atoms with E-state index in [1.165, 1.54) is 23.7 Å². The molecular formula is C12H9FN4S. The van der Waals surface area contributed by atoms with Crippen LogP contribution in [0.5, 0.6) is 0 Å². The highest BCUT2D eigenvalue weighted by molar-refractivity contribution is 7.13. The van der Waals surface area contributed by atoms with Gasteiger partial charge in [0.25, 0.3) is 0 Å². The van der Waals surface area contributed by atoms with Gasteiger partial charge in [-0.3, -0.25) is 5.10 Å². The van der Waals surface area contributed by atoms with E-state index in [4.69, 9.17) is 0 Å². The van der Waals surface area contributed by atoms with E-state index in [2.05, 4.69) is 20.2 Å². The fourth-order valence-electron chi connectivity index (χ4n) is 1.58.